The molecule has 0 fully saturated rings. The molecule has 0 saturated carbocycles. The van der Waals surface area contributed by atoms with Crippen LogP contribution in [0.15, 0.2) is 0 Å². The van der Waals surface area contributed by atoms with Gasteiger partial charge < -0.3 is 5.73 Å². The molecule has 0 aliphatic rings. The van der Waals surface area contributed by atoms with E-state index in [2.05, 4.69) is 0 Å². The minimum atomic E-state index is -1.61. The highest BCUT2D eigenvalue weighted by molar-refractivity contribution is 5.10. The van der Waals surface area contributed by atoms with Crippen LogP contribution in [0.25, 0.3) is 0 Å². The molecule has 52 valence electrons. The Kier molecular flexibility index (Phi) is 2.66. The first-order valence-electron chi connectivity index (χ1n) is 2.93. The average molecular weight is 129 g/mol. The third-order valence-electron chi connectivity index (χ3n) is 1.45. The summed E-state index contributed by atoms with van der Waals surface area (Å²) in [4.78, 5) is 0. The van der Waals surface area contributed by atoms with Crippen LogP contribution >= 0.6 is 0 Å². The van der Waals surface area contributed by atoms with Gasteiger partial charge in [-0.1, -0.05) is 19.8 Å². The van der Waals surface area contributed by atoms with Crippen LogP contribution in [0.4, 0.5) is 4.39 Å². The van der Waals surface area contributed by atoms with Gasteiger partial charge >= 0.3 is 0 Å². The van der Waals surface area contributed by atoms with E-state index in [1.54, 1.807) is 13.8 Å². The monoisotopic (exact) mass is 129 g/mol. The van der Waals surface area contributed by atoms with E-state index in [9.17, 15) is 4.39 Å². The zero-order chi connectivity index (χ0) is 7.49. The van der Waals surface area contributed by atoms with E-state index in [0.717, 1.165) is 0 Å². The van der Waals surface area contributed by atoms with Crippen molar-refractivity contribution in [2.45, 2.75) is 19.5 Å². The molecule has 1 unspecified atom stereocenters. The molecule has 9 heavy (non-hydrogen) atoms. The van der Waals surface area contributed by atoms with Gasteiger partial charge in [-0.15, -0.1) is 6.42 Å². The largest absolute Gasteiger partial charge is 0.327 e. The van der Waals surface area contributed by atoms with Crippen LogP contribution in [0.3, 0.4) is 0 Å². The Labute approximate surface area is 55.4 Å². The van der Waals surface area contributed by atoms with Gasteiger partial charge in [-0.05, 0) is 0 Å². The Morgan fingerprint density at radius 2 is 2.22 bits per heavy atom. The highest BCUT2D eigenvalue weighted by atomic mass is 19.1. The van der Waals surface area contributed by atoms with Gasteiger partial charge in [0.05, 0.1) is 0 Å². The molecule has 0 aromatic heterocycles. The molecule has 0 heterocycles. The number of terminal acetylenes is 1. The molecule has 0 aromatic rings. The quantitative estimate of drug-likeness (QED) is 0.552. The first kappa shape index (κ1) is 8.45. The summed E-state index contributed by atoms with van der Waals surface area (Å²) in [6.07, 6.45) is 4.91. The molecule has 0 bridgehead atoms. The highest BCUT2D eigenvalue weighted by Gasteiger charge is 2.28. The normalized spacial score (nSPS) is 16.9. The minimum absolute atomic E-state index is 0.0961. The maximum Gasteiger partial charge on any atom is 0.184 e. The summed E-state index contributed by atoms with van der Waals surface area (Å²) in [7, 11) is 0. The molecule has 0 rings (SSSR count). The second-order valence-electron chi connectivity index (χ2n) is 2.37. The van der Waals surface area contributed by atoms with Crippen LogP contribution in [0.1, 0.15) is 13.8 Å². The topological polar surface area (TPSA) is 26.0 Å². The molecule has 0 aromatic carbocycles. The number of hydrogen-bond donors (Lipinski definition) is 1. The van der Waals surface area contributed by atoms with Gasteiger partial charge in [-0.3, -0.25) is 0 Å². The molecular weight excluding hydrogens is 117 g/mol. The minimum Gasteiger partial charge on any atom is -0.327 e. The molecule has 0 aliphatic heterocycles. The zero-order valence-corrected chi connectivity index (χ0v) is 5.82. The van der Waals surface area contributed by atoms with E-state index in [1.807, 2.05) is 5.92 Å². The van der Waals surface area contributed by atoms with Crippen LogP contribution in [-0.4, -0.2) is 12.2 Å². The van der Waals surface area contributed by atoms with Crippen LogP contribution < -0.4 is 5.73 Å². The molecule has 0 radical (unpaired) electrons. The lowest BCUT2D eigenvalue weighted by molar-refractivity contribution is 0.181. The van der Waals surface area contributed by atoms with E-state index >= 15 is 0 Å². The average Bonchev–Trinajstić information content (AvgIpc) is 1.86. The Morgan fingerprint density at radius 3 is 2.22 bits per heavy atom. The number of halogens is 1. The summed E-state index contributed by atoms with van der Waals surface area (Å²) in [5.41, 5.74) is 3.49. The van der Waals surface area contributed by atoms with Crippen LogP contribution in [0, 0.1) is 18.3 Å². The molecule has 1 nitrogen and oxygen atoms in total. The van der Waals surface area contributed by atoms with Crippen molar-refractivity contribution >= 4 is 0 Å². The van der Waals surface area contributed by atoms with Crippen molar-refractivity contribution in [3.05, 3.63) is 0 Å². The van der Waals surface area contributed by atoms with Crippen LogP contribution in [0.5, 0.6) is 0 Å². The smallest absolute Gasteiger partial charge is 0.184 e. The SMILES string of the molecule is C#CC(F)(CN)C(C)C. The fraction of sp³-hybridized carbons (Fsp3) is 0.714. The number of hydrogen-bond acceptors (Lipinski definition) is 1. The standard InChI is InChI=1S/C7H12FN/c1-4-7(8,5-9)6(2)3/h1,6H,5,9H2,2-3H3. The fourth-order valence-corrected chi connectivity index (χ4v) is 0.461. The van der Waals surface area contributed by atoms with Crippen molar-refractivity contribution in [2.75, 3.05) is 6.54 Å². The molecule has 0 saturated heterocycles. The van der Waals surface area contributed by atoms with Crippen molar-refractivity contribution in [3.63, 3.8) is 0 Å². The molecule has 2 heteroatoms. The van der Waals surface area contributed by atoms with Crippen LogP contribution in [0.2, 0.25) is 0 Å². The first-order chi connectivity index (χ1) is 4.06. The van der Waals surface area contributed by atoms with Gasteiger partial charge in [-0.25, -0.2) is 4.39 Å². The van der Waals surface area contributed by atoms with Gasteiger partial charge in [0.1, 0.15) is 0 Å². The van der Waals surface area contributed by atoms with E-state index in [-0.39, 0.29) is 12.5 Å². The summed E-state index contributed by atoms with van der Waals surface area (Å²) in [6.45, 7) is 3.33. The zero-order valence-electron chi connectivity index (χ0n) is 5.82. The second kappa shape index (κ2) is 2.84. The Hall–Kier alpha value is -0.550. The first-order valence-corrected chi connectivity index (χ1v) is 2.93. The Bertz CT molecular complexity index is 125. The highest BCUT2D eigenvalue weighted by Crippen LogP contribution is 2.18. The summed E-state index contributed by atoms with van der Waals surface area (Å²) in [5, 5.41) is 0. The molecule has 0 amide bonds. The van der Waals surface area contributed by atoms with Crippen LogP contribution in [-0.2, 0) is 0 Å². The lowest BCUT2D eigenvalue weighted by atomic mass is 9.94. The molecule has 0 aliphatic carbocycles. The second-order valence-corrected chi connectivity index (χ2v) is 2.37. The van der Waals surface area contributed by atoms with Crippen molar-refractivity contribution in [1.82, 2.24) is 0 Å². The molecule has 1 atom stereocenters. The Morgan fingerprint density at radius 1 is 1.78 bits per heavy atom. The van der Waals surface area contributed by atoms with Gasteiger partial charge in [-0.2, -0.15) is 0 Å². The fourth-order valence-electron chi connectivity index (χ4n) is 0.461. The maximum absolute atomic E-state index is 13.0. The third kappa shape index (κ3) is 1.69. The van der Waals surface area contributed by atoms with E-state index in [0.29, 0.717) is 0 Å². The van der Waals surface area contributed by atoms with Crippen molar-refractivity contribution in [2.24, 2.45) is 11.7 Å². The number of rotatable bonds is 2. The summed E-state index contributed by atoms with van der Waals surface area (Å²) < 4.78 is 13.0. The number of nitrogens with two attached hydrogens (primary N) is 1. The van der Waals surface area contributed by atoms with Crippen molar-refractivity contribution in [1.29, 1.82) is 0 Å². The van der Waals surface area contributed by atoms with Crippen molar-refractivity contribution in [3.8, 4) is 12.3 Å². The predicted octanol–water partition coefficient (Wildman–Crippen LogP) is 0.943. The summed E-state index contributed by atoms with van der Waals surface area (Å²) in [5.74, 6) is 1.83. The summed E-state index contributed by atoms with van der Waals surface area (Å²) >= 11 is 0. The van der Waals surface area contributed by atoms with Crippen molar-refractivity contribution < 1.29 is 4.39 Å². The lowest BCUT2D eigenvalue weighted by Gasteiger charge is -2.20. The summed E-state index contributed by atoms with van der Waals surface area (Å²) in [6, 6.07) is 0. The predicted molar refractivity (Wildman–Crippen MR) is 36.6 cm³/mol. The lowest BCUT2D eigenvalue weighted by Crippen LogP contribution is -2.36. The number of alkyl halides is 1. The van der Waals surface area contributed by atoms with E-state index in [4.69, 9.17) is 12.2 Å². The molecule has 2 N–H and O–H groups in total. The van der Waals surface area contributed by atoms with E-state index < -0.39 is 5.67 Å². The molecular formula is C7H12FN. The Balaban J connectivity index is 4.14. The van der Waals surface area contributed by atoms with Gasteiger partial charge in [0, 0.05) is 12.5 Å². The van der Waals surface area contributed by atoms with Gasteiger partial charge in [0.25, 0.3) is 0 Å². The maximum atomic E-state index is 13.0. The van der Waals surface area contributed by atoms with Gasteiger partial charge in [0.2, 0.25) is 0 Å². The molecule has 0 spiro atoms. The van der Waals surface area contributed by atoms with E-state index in [1.165, 1.54) is 0 Å². The third-order valence-corrected chi connectivity index (χ3v) is 1.45. The van der Waals surface area contributed by atoms with Gasteiger partial charge in [0.15, 0.2) is 5.67 Å².